The van der Waals surface area contributed by atoms with Crippen molar-refractivity contribution in [3.8, 4) is 6.07 Å². The van der Waals surface area contributed by atoms with Gasteiger partial charge in [-0.2, -0.15) is 5.26 Å². The molecule has 2 aromatic heterocycles. The number of nitrogens with zero attached hydrogens (tertiary/aromatic N) is 5. The molecule has 34 heavy (non-hydrogen) atoms. The minimum atomic E-state index is 0.0281. The summed E-state index contributed by atoms with van der Waals surface area (Å²) in [5.41, 5.74) is 5.69. The van der Waals surface area contributed by atoms with Gasteiger partial charge in [0.25, 0.3) is 0 Å². The molecule has 5 rings (SSSR count). The summed E-state index contributed by atoms with van der Waals surface area (Å²) in [5.74, 6) is 1.30. The summed E-state index contributed by atoms with van der Waals surface area (Å²) in [6, 6.07) is 15.4. The molecule has 2 aromatic carbocycles. The molecule has 0 amide bonds. The van der Waals surface area contributed by atoms with Crippen LogP contribution in [-0.4, -0.2) is 33.4 Å². The normalized spacial score (nSPS) is 14.3. The van der Waals surface area contributed by atoms with Gasteiger partial charge in [0, 0.05) is 61.6 Å². The van der Waals surface area contributed by atoms with E-state index in [1.54, 1.807) is 24.3 Å². The minimum Gasteiger partial charge on any atom is -0.350 e. The van der Waals surface area contributed by atoms with E-state index in [1.165, 1.54) is 16.5 Å². The highest BCUT2D eigenvalue weighted by Crippen LogP contribution is 2.35. The molecule has 6 heteroatoms. The first-order valence-corrected chi connectivity index (χ1v) is 11.7. The van der Waals surface area contributed by atoms with E-state index in [0.717, 1.165) is 43.0 Å². The van der Waals surface area contributed by atoms with Crippen LogP contribution in [0.25, 0.3) is 10.9 Å². The maximum atomic E-state index is 12.9. The summed E-state index contributed by atoms with van der Waals surface area (Å²) < 4.78 is 2.18. The Balaban J connectivity index is 1.35. The Kier molecular flexibility index (Phi) is 5.85. The fraction of sp³-hybridized carbons (Fsp3) is 0.286. The van der Waals surface area contributed by atoms with E-state index >= 15 is 0 Å². The third kappa shape index (κ3) is 4.29. The van der Waals surface area contributed by atoms with Crippen molar-refractivity contribution in [3.63, 3.8) is 0 Å². The van der Waals surface area contributed by atoms with Gasteiger partial charge >= 0.3 is 0 Å². The lowest BCUT2D eigenvalue weighted by Crippen LogP contribution is -2.34. The summed E-state index contributed by atoms with van der Waals surface area (Å²) >= 11 is 0. The average molecular weight is 450 g/mol. The highest BCUT2D eigenvalue weighted by molar-refractivity contribution is 5.98. The number of hydrogen-bond donors (Lipinski definition) is 0. The number of anilines is 1. The molecule has 4 aromatic rings. The maximum absolute atomic E-state index is 12.9. The Morgan fingerprint density at radius 1 is 1.12 bits per heavy atom. The number of ketones is 1. The second kappa shape index (κ2) is 9.11. The molecular formula is C28H27N5O. The molecule has 0 unspecified atom stereocenters. The van der Waals surface area contributed by atoms with Crippen molar-refractivity contribution in [2.75, 3.05) is 18.0 Å². The van der Waals surface area contributed by atoms with Gasteiger partial charge in [0.2, 0.25) is 5.95 Å². The number of carbonyl (C=O) groups excluding carboxylic acids is 1. The van der Waals surface area contributed by atoms with Crippen LogP contribution in [0.5, 0.6) is 0 Å². The number of aromatic nitrogens is 3. The third-order valence-electron chi connectivity index (χ3n) is 6.75. The molecule has 3 heterocycles. The quantitative estimate of drug-likeness (QED) is 0.403. The second-order valence-corrected chi connectivity index (χ2v) is 9.16. The maximum Gasteiger partial charge on any atom is 0.225 e. The van der Waals surface area contributed by atoms with E-state index in [1.807, 2.05) is 25.4 Å². The van der Waals surface area contributed by atoms with Crippen LogP contribution in [0.4, 0.5) is 5.95 Å². The number of benzene rings is 2. The average Bonchev–Trinajstić information content (AvgIpc) is 3.20. The van der Waals surface area contributed by atoms with Crippen LogP contribution in [0.2, 0.25) is 0 Å². The largest absolute Gasteiger partial charge is 0.350 e. The Morgan fingerprint density at radius 3 is 2.62 bits per heavy atom. The summed E-state index contributed by atoms with van der Waals surface area (Å²) in [4.78, 5) is 24.1. The predicted molar refractivity (Wildman–Crippen MR) is 133 cm³/mol. The van der Waals surface area contributed by atoms with Crippen molar-refractivity contribution in [2.45, 2.75) is 32.1 Å². The summed E-state index contributed by atoms with van der Waals surface area (Å²) in [6.07, 6.45) is 8.40. The topological polar surface area (TPSA) is 74.8 Å². The minimum absolute atomic E-state index is 0.0281. The fourth-order valence-electron chi connectivity index (χ4n) is 4.89. The number of rotatable bonds is 5. The van der Waals surface area contributed by atoms with Crippen LogP contribution in [0.15, 0.2) is 61.1 Å². The molecule has 0 spiro atoms. The second-order valence-electron chi connectivity index (χ2n) is 9.16. The first-order chi connectivity index (χ1) is 16.5. The smallest absolute Gasteiger partial charge is 0.225 e. The first kappa shape index (κ1) is 21.8. The molecule has 1 saturated heterocycles. The molecular weight excluding hydrogens is 422 g/mol. The Hall–Kier alpha value is -3.98. The molecule has 0 bridgehead atoms. The standard InChI is InChI=1S/C28H27N5O/c1-19-16-30-28(31-17-19)33-10-8-22(9-11-33)25-18-32(2)26-7-6-20(13-24(25)26)14-27(34)23-5-3-4-21(12-23)15-29/h3-7,12-13,16-18,22H,8-11,14H2,1-2H3. The Bertz CT molecular complexity index is 1390. The van der Waals surface area contributed by atoms with Gasteiger partial charge < -0.3 is 9.47 Å². The zero-order valence-corrected chi connectivity index (χ0v) is 19.5. The van der Waals surface area contributed by atoms with E-state index in [0.29, 0.717) is 23.5 Å². The van der Waals surface area contributed by atoms with E-state index in [-0.39, 0.29) is 5.78 Å². The molecule has 0 aliphatic carbocycles. The zero-order chi connectivity index (χ0) is 23.7. The van der Waals surface area contributed by atoms with E-state index in [4.69, 9.17) is 5.26 Å². The van der Waals surface area contributed by atoms with Crippen molar-refractivity contribution in [3.05, 3.63) is 88.9 Å². The van der Waals surface area contributed by atoms with E-state index in [2.05, 4.69) is 50.9 Å². The van der Waals surface area contributed by atoms with Crippen molar-refractivity contribution in [2.24, 2.45) is 7.05 Å². The Morgan fingerprint density at radius 2 is 1.88 bits per heavy atom. The summed E-state index contributed by atoms with van der Waals surface area (Å²) in [5, 5.41) is 10.4. The highest BCUT2D eigenvalue weighted by Gasteiger charge is 2.25. The van der Waals surface area contributed by atoms with Gasteiger partial charge in [-0.1, -0.05) is 18.2 Å². The number of Topliss-reactive ketones (excluding diaryl/α,β-unsaturated/α-hetero) is 1. The van der Waals surface area contributed by atoms with Crippen LogP contribution >= 0.6 is 0 Å². The molecule has 0 saturated carbocycles. The fourth-order valence-corrected chi connectivity index (χ4v) is 4.89. The van der Waals surface area contributed by atoms with Gasteiger partial charge in [0.15, 0.2) is 5.78 Å². The van der Waals surface area contributed by atoms with Gasteiger partial charge in [0.1, 0.15) is 0 Å². The lowest BCUT2D eigenvalue weighted by molar-refractivity contribution is 0.0993. The zero-order valence-electron chi connectivity index (χ0n) is 19.5. The summed E-state index contributed by atoms with van der Waals surface area (Å²) in [7, 11) is 2.08. The van der Waals surface area contributed by atoms with Crippen molar-refractivity contribution in [1.29, 1.82) is 5.26 Å². The molecule has 6 nitrogen and oxygen atoms in total. The van der Waals surface area contributed by atoms with Crippen LogP contribution in [-0.2, 0) is 13.5 Å². The summed E-state index contributed by atoms with van der Waals surface area (Å²) in [6.45, 7) is 3.86. The number of aryl methyl sites for hydroxylation is 2. The molecule has 0 radical (unpaired) electrons. The van der Waals surface area contributed by atoms with Crippen molar-refractivity contribution < 1.29 is 4.79 Å². The molecule has 0 atom stereocenters. The van der Waals surface area contributed by atoms with Crippen molar-refractivity contribution >= 4 is 22.6 Å². The first-order valence-electron chi connectivity index (χ1n) is 11.7. The monoisotopic (exact) mass is 449 g/mol. The van der Waals surface area contributed by atoms with Crippen LogP contribution < -0.4 is 4.90 Å². The van der Waals surface area contributed by atoms with Gasteiger partial charge in [-0.05, 0) is 66.6 Å². The molecule has 1 aliphatic heterocycles. The number of nitriles is 1. The Labute approximate surface area is 199 Å². The van der Waals surface area contributed by atoms with Crippen LogP contribution in [0.1, 0.15) is 51.4 Å². The molecule has 0 N–H and O–H groups in total. The number of carbonyl (C=O) groups is 1. The van der Waals surface area contributed by atoms with E-state index < -0.39 is 0 Å². The van der Waals surface area contributed by atoms with Gasteiger partial charge in [-0.15, -0.1) is 0 Å². The van der Waals surface area contributed by atoms with Crippen LogP contribution in [0, 0.1) is 18.3 Å². The third-order valence-corrected chi connectivity index (χ3v) is 6.75. The lowest BCUT2D eigenvalue weighted by Gasteiger charge is -2.32. The van der Waals surface area contributed by atoms with Gasteiger partial charge in [0.05, 0.1) is 11.6 Å². The number of hydrogen-bond acceptors (Lipinski definition) is 5. The number of fused-ring (bicyclic) bond motifs is 1. The van der Waals surface area contributed by atoms with E-state index in [9.17, 15) is 4.79 Å². The lowest BCUT2D eigenvalue weighted by atomic mass is 9.88. The van der Waals surface area contributed by atoms with Crippen LogP contribution in [0.3, 0.4) is 0 Å². The van der Waals surface area contributed by atoms with Gasteiger partial charge in [-0.25, -0.2) is 9.97 Å². The molecule has 1 aliphatic rings. The number of piperidine rings is 1. The molecule has 1 fully saturated rings. The van der Waals surface area contributed by atoms with Crippen molar-refractivity contribution in [1.82, 2.24) is 14.5 Å². The SMILES string of the molecule is Cc1cnc(N2CCC(c3cn(C)c4ccc(CC(=O)c5cccc(C#N)c5)cc34)CC2)nc1. The van der Waals surface area contributed by atoms with Gasteiger partial charge in [-0.3, -0.25) is 4.79 Å². The highest BCUT2D eigenvalue weighted by atomic mass is 16.1. The predicted octanol–water partition coefficient (Wildman–Crippen LogP) is 4.96. The molecule has 170 valence electrons.